The maximum absolute atomic E-state index is 10.0. The van der Waals surface area contributed by atoms with Crippen molar-refractivity contribution in [3.8, 4) is 0 Å². The van der Waals surface area contributed by atoms with Crippen LogP contribution in [-0.4, -0.2) is 30.5 Å². The number of hydrogen-bond acceptors (Lipinski definition) is 3. The van der Waals surface area contributed by atoms with Crippen molar-refractivity contribution in [3.63, 3.8) is 0 Å². The van der Waals surface area contributed by atoms with Crippen molar-refractivity contribution < 1.29 is 9.84 Å². The predicted molar refractivity (Wildman–Crippen MR) is 88.3 cm³/mol. The average Bonchev–Trinajstić information content (AvgIpc) is 2.46. The highest BCUT2D eigenvalue weighted by molar-refractivity contribution is 5.25. The quantitative estimate of drug-likeness (QED) is 0.734. The third-order valence-electron chi connectivity index (χ3n) is 4.01. The SMILES string of the molecule is CC(C)NC(CO)(CCOC(C)C(C)C)c1ccccc1. The van der Waals surface area contributed by atoms with Crippen molar-refractivity contribution in [2.24, 2.45) is 5.92 Å². The number of benzene rings is 1. The second-order valence-corrected chi connectivity index (χ2v) is 6.48. The molecule has 3 nitrogen and oxygen atoms in total. The van der Waals surface area contributed by atoms with Gasteiger partial charge in [0.1, 0.15) is 0 Å². The summed E-state index contributed by atoms with van der Waals surface area (Å²) in [5.74, 6) is 0.503. The Labute approximate surface area is 129 Å². The van der Waals surface area contributed by atoms with E-state index in [9.17, 15) is 5.11 Å². The summed E-state index contributed by atoms with van der Waals surface area (Å²) < 4.78 is 5.91. The van der Waals surface area contributed by atoms with E-state index in [1.54, 1.807) is 0 Å². The highest BCUT2D eigenvalue weighted by Crippen LogP contribution is 2.26. The summed E-state index contributed by atoms with van der Waals surface area (Å²) in [6.45, 7) is 11.3. The summed E-state index contributed by atoms with van der Waals surface area (Å²) in [4.78, 5) is 0. The Morgan fingerprint density at radius 3 is 2.19 bits per heavy atom. The van der Waals surface area contributed by atoms with Gasteiger partial charge in [0.05, 0.1) is 18.2 Å². The van der Waals surface area contributed by atoms with Crippen LogP contribution in [-0.2, 0) is 10.3 Å². The molecule has 3 heteroatoms. The number of ether oxygens (including phenoxy) is 1. The largest absolute Gasteiger partial charge is 0.394 e. The molecule has 0 radical (unpaired) electrons. The Morgan fingerprint density at radius 2 is 1.71 bits per heavy atom. The van der Waals surface area contributed by atoms with Crippen molar-refractivity contribution in [1.29, 1.82) is 0 Å². The van der Waals surface area contributed by atoms with Crippen molar-refractivity contribution in [2.45, 2.75) is 58.7 Å². The van der Waals surface area contributed by atoms with Gasteiger partial charge in [-0.3, -0.25) is 0 Å². The monoisotopic (exact) mass is 293 g/mol. The Kier molecular flexibility index (Phi) is 7.36. The van der Waals surface area contributed by atoms with Gasteiger partial charge in [-0.05, 0) is 38.7 Å². The molecular weight excluding hydrogens is 262 g/mol. The highest BCUT2D eigenvalue weighted by atomic mass is 16.5. The smallest absolute Gasteiger partial charge is 0.0693 e. The summed E-state index contributed by atoms with van der Waals surface area (Å²) in [5, 5.41) is 13.6. The molecule has 0 aromatic heterocycles. The average molecular weight is 293 g/mol. The number of aliphatic hydroxyl groups is 1. The summed E-state index contributed by atoms with van der Waals surface area (Å²) in [6, 6.07) is 10.5. The molecule has 1 aromatic carbocycles. The van der Waals surface area contributed by atoms with Crippen LogP contribution in [0.5, 0.6) is 0 Å². The number of aliphatic hydroxyl groups excluding tert-OH is 1. The Hall–Kier alpha value is -0.900. The van der Waals surface area contributed by atoms with Crippen LogP contribution < -0.4 is 5.32 Å². The van der Waals surface area contributed by atoms with Crippen LogP contribution in [0.25, 0.3) is 0 Å². The van der Waals surface area contributed by atoms with E-state index in [-0.39, 0.29) is 12.7 Å². The Balaban J connectivity index is 2.82. The summed E-state index contributed by atoms with van der Waals surface area (Å²) >= 11 is 0. The van der Waals surface area contributed by atoms with E-state index < -0.39 is 5.54 Å². The topological polar surface area (TPSA) is 41.5 Å². The predicted octanol–water partition coefficient (Wildman–Crippen LogP) is 3.32. The van der Waals surface area contributed by atoms with Gasteiger partial charge >= 0.3 is 0 Å². The van der Waals surface area contributed by atoms with Crippen molar-refractivity contribution in [2.75, 3.05) is 13.2 Å². The van der Waals surface area contributed by atoms with E-state index in [4.69, 9.17) is 4.74 Å². The first-order valence-electron chi connectivity index (χ1n) is 7.97. The normalized spacial score (nSPS) is 16.2. The number of hydrogen-bond donors (Lipinski definition) is 2. The first-order valence-corrected chi connectivity index (χ1v) is 7.97. The van der Waals surface area contributed by atoms with Crippen LogP contribution in [0.1, 0.15) is 46.6 Å². The van der Waals surface area contributed by atoms with Crippen LogP contribution in [0.4, 0.5) is 0 Å². The molecule has 0 aliphatic heterocycles. The Bertz CT molecular complexity index is 391. The molecule has 0 bridgehead atoms. The van der Waals surface area contributed by atoms with E-state index in [2.05, 4.69) is 52.1 Å². The number of rotatable bonds is 9. The van der Waals surface area contributed by atoms with E-state index in [0.717, 1.165) is 12.0 Å². The van der Waals surface area contributed by atoms with Gasteiger partial charge in [0.15, 0.2) is 0 Å². The molecule has 0 aliphatic rings. The standard InChI is InChI=1S/C18H31NO2/c1-14(2)16(5)21-12-11-18(13-20,19-15(3)4)17-9-7-6-8-10-17/h6-10,14-16,19-20H,11-13H2,1-5H3. The molecular formula is C18H31NO2. The van der Waals surface area contributed by atoms with Gasteiger partial charge < -0.3 is 15.2 Å². The summed E-state index contributed by atoms with van der Waals surface area (Å²) in [7, 11) is 0. The van der Waals surface area contributed by atoms with Gasteiger partial charge in [0, 0.05) is 12.6 Å². The summed E-state index contributed by atoms with van der Waals surface area (Å²) in [6.07, 6.45) is 0.985. The molecule has 0 fully saturated rings. The first-order chi connectivity index (χ1) is 9.91. The minimum absolute atomic E-state index is 0.0641. The van der Waals surface area contributed by atoms with E-state index in [1.807, 2.05) is 18.2 Å². The zero-order valence-electron chi connectivity index (χ0n) is 14.1. The van der Waals surface area contributed by atoms with Gasteiger partial charge in [-0.1, -0.05) is 44.2 Å². The van der Waals surface area contributed by atoms with Gasteiger partial charge in [-0.2, -0.15) is 0 Å². The lowest BCUT2D eigenvalue weighted by molar-refractivity contribution is 0.0119. The lowest BCUT2D eigenvalue weighted by atomic mass is 9.86. The molecule has 1 aromatic rings. The van der Waals surface area contributed by atoms with Gasteiger partial charge in [-0.15, -0.1) is 0 Å². The van der Waals surface area contributed by atoms with Crippen LogP contribution in [0.2, 0.25) is 0 Å². The molecule has 0 heterocycles. The van der Waals surface area contributed by atoms with E-state index >= 15 is 0 Å². The molecule has 21 heavy (non-hydrogen) atoms. The Morgan fingerprint density at radius 1 is 1.10 bits per heavy atom. The van der Waals surface area contributed by atoms with Gasteiger partial charge in [0.2, 0.25) is 0 Å². The number of nitrogens with one attached hydrogen (secondary N) is 1. The molecule has 0 saturated carbocycles. The lowest BCUT2D eigenvalue weighted by Gasteiger charge is -2.36. The zero-order valence-corrected chi connectivity index (χ0v) is 14.1. The van der Waals surface area contributed by atoms with Crippen LogP contribution in [0.3, 0.4) is 0 Å². The molecule has 0 amide bonds. The maximum atomic E-state index is 10.0. The fraction of sp³-hybridized carbons (Fsp3) is 0.667. The summed E-state index contributed by atoms with van der Waals surface area (Å²) in [5.41, 5.74) is 0.675. The third kappa shape index (κ3) is 5.42. The third-order valence-corrected chi connectivity index (χ3v) is 4.01. The van der Waals surface area contributed by atoms with Crippen LogP contribution >= 0.6 is 0 Å². The van der Waals surface area contributed by atoms with Gasteiger partial charge in [-0.25, -0.2) is 0 Å². The molecule has 0 saturated heterocycles. The minimum Gasteiger partial charge on any atom is -0.394 e. The van der Waals surface area contributed by atoms with E-state index in [1.165, 1.54) is 0 Å². The molecule has 2 N–H and O–H groups in total. The van der Waals surface area contributed by atoms with Crippen molar-refractivity contribution in [3.05, 3.63) is 35.9 Å². The van der Waals surface area contributed by atoms with E-state index in [0.29, 0.717) is 18.6 Å². The maximum Gasteiger partial charge on any atom is 0.0693 e. The second kappa shape index (κ2) is 8.52. The van der Waals surface area contributed by atoms with Crippen molar-refractivity contribution >= 4 is 0 Å². The fourth-order valence-corrected chi connectivity index (χ4v) is 2.44. The zero-order chi connectivity index (χ0) is 15.9. The van der Waals surface area contributed by atoms with Crippen LogP contribution in [0, 0.1) is 5.92 Å². The highest BCUT2D eigenvalue weighted by Gasteiger charge is 2.31. The fourth-order valence-electron chi connectivity index (χ4n) is 2.44. The molecule has 0 spiro atoms. The lowest BCUT2D eigenvalue weighted by Crippen LogP contribution is -2.49. The molecule has 2 unspecified atom stereocenters. The van der Waals surface area contributed by atoms with Gasteiger partial charge in [0.25, 0.3) is 0 Å². The first kappa shape index (κ1) is 18.1. The second-order valence-electron chi connectivity index (χ2n) is 6.48. The molecule has 2 atom stereocenters. The van der Waals surface area contributed by atoms with Crippen LogP contribution in [0.15, 0.2) is 30.3 Å². The molecule has 1 rings (SSSR count). The molecule has 0 aliphatic carbocycles. The minimum atomic E-state index is -0.438. The van der Waals surface area contributed by atoms with Crippen molar-refractivity contribution in [1.82, 2.24) is 5.32 Å². The molecule has 120 valence electrons.